The third-order valence-electron chi connectivity index (χ3n) is 4.13. The highest BCUT2D eigenvalue weighted by Crippen LogP contribution is 2.28. The van der Waals surface area contributed by atoms with E-state index in [2.05, 4.69) is 42.6 Å². The van der Waals surface area contributed by atoms with E-state index >= 15 is 0 Å². The van der Waals surface area contributed by atoms with E-state index in [9.17, 15) is 4.79 Å². The molecule has 0 saturated carbocycles. The molecular weight excluding hydrogens is 260 g/mol. The van der Waals surface area contributed by atoms with Crippen LogP contribution in [0.25, 0.3) is 0 Å². The lowest BCUT2D eigenvalue weighted by atomic mass is 9.94. The molecule has 1 aliphatic heterocycles. The zero-order chi connectivity index (χ0) is 14.8. The lowest BCUT2D eigenvalue weighted by Crippen LogP contribution is -2.20. The second-order valence-corrected chi connectivity index (χ2v) is 5.54. The van der Waals surface area contributed by atoms with Crippen LogP contribution >= 0.6 is 0 Å². The Labute approximate surface area is 125 Å². The van der Waals surface area contributed by atoms with Crippen molar-refractivity contribution < 1.29 is 4.79 Å². The number of aryl methyl sites for hydroxylation is 2. The van der Waals surface area contributed by atoms with Gasteiger partial charge < -0.3 is 11.1 Å². The Morgan fingerprint density at radius 3 is 2.52 bits per heavy atom. The smallest absolute Gasteiger partial charge is 0.224 e. The van der Waals surface area contributed by atoms with Gasteiger partial charge in [-0.15, -0.1) is 0 Å². The maximum atomic E-state index is 11.4. The van der Waals surface area contributed by atoms with Gasteiger partial charge in [-0.25, -0.2) is 0 Å². The van der Waals surface area contributed by atoms with Gasteiger partial charge in [0.25, 0.3) is 0 Å². The standard InChI is InChI=1S/C18H20N2O/c1-2-12-3-5-13(6-4-12)18(19)15-7-9-16-14(11-15)8-10-17(21)20-16/h3-7,9,11,18H,2,8,10,19H2,1H3,(H,20,21). The van der Waals surface area contributed by atoms with Crippen LogP contribution in [0.4, 0.5) is 5.69 Å². The van der Waals surface area contributed by atoms with Gasteiger partial charge in [0.1, 0.15) is 0 Å². The number of benzene rings is 2. The Morgan fingerprint density at radius 1 is 1.10 bits per heavy atom. The first-order valence-electron chi connectivity index (χ1n) is 7.44. The van der Waals surface area contributed by atoms with Crippen LogP contribution in [-0.4, -0.2) is 5.91 Å². The van der Waals surface area contributed by atoms with Gasteiger partial charge >= 0.3 is 0 Å². The van der Waals surface area contributed by atoms with Gasteiger partial charge in [0.05, 0.1) is 6.04 Å². The van der Waals surface area contributed by atoms with Gasteiger partial charge in [-0.1, -0.05) is 43.3 Å². The Kier molecular flexibility index (Phi) is 3.76. The summed E-state index contributed by atoms with van der Waals surface area (Å²) in [6.07, 6.45) is 2.38. The van der Waals surface area contributed by atoms with E-state index in [1.807, 2.05) is 12.1 Å². The van der Waals surface area contributed by atoms with E-state index < -0.39 is 0 Å². The first-order chi connectivity index (χ1) is 10.2. The third-order valence-corrected chi connectivity index (χ3v) is 4.13. The highest BCUT2D eigenvalue weighted by atomic mass is 16.1. The van der Waals surface area contributed by atoms with Gasteiger partial charge in [0, 0.05) is 12.1 Å². The van der Waals surface area contributed by atoms with Crippen molar-refractivity contribution in [2.24, 2.45) is 5.73 Å². The van der Waals surface area contributed by atoms with Gasteiger partial charge in [-0.05, 0) is 41.2 Å². The van der Waals surface area contributed by atoms with Gasteiger partial charge in [0.2, 0.25) is 5.91 Å². The molecule has 1 heterocycles. The van der Waals surface area contributed by atoms with Crippen LogP contribution in [0.2, 0.25) is 0 Å². The van der Waals surface area contributed by atoms with Crippen molar-refractivity contribution in [2.75, 3.05) is 5.32 Å². The second-order valence-electron chi connectivity index (χ2n) is 5.54. The summed E-state index contributed by atoms with van der Waals surface area (Å²) in [5, 5.41) is 2.90. The number of nitrogens with one attached hydrogen (secondary N) is 1. The quantitative estimate of drug-likeness (QED) is 0.907. The van der Waals surface area contributed by atoms with Crippen molar-refractivity contribution in [1.82, 2.24) is 0 Å². The Hall–Kier alpha value is -2.13. The van der Waals surface area contributed by atoms with Gasteiger partial charge in [0.15, 0.2) is 0 Å². The number of nitrogens with two attached hydrogens (primary N) is 1. The van der Waals surface area contributed by atoms with Crippen molar-refractivity contribution in [3.63, 3.8) is 0 Å². The SMILES string of the molecule is CCc1ccc(C(N)c2ccc3c(c2)CCC(=O)N3)cc1. The zero-order valence-corrected chi connectivity index (χ0v) is 12.2. The summed E-state index contributed by atoms with van der Waals surface area (Å²) in [5.41, 5.74) is 12.0. The maximum absolute atomic E-state index is 11.4. The summed E-state index contributed by atoms with van der Waals surface area (Å²) in [6.45, 7) is 2.15. The van der Waals surface area contributed by atoms with Crippen molar-refractivity contribution in [3.8, 4) is 0 Å². The monoisotopic (exact) mass is 280 g/mol. The molecule has 0 aromatic heterocycles. The molecule has 3 N–H and O–H groups in total. The fraction of sp³-hybridized carbons (Fsp3) is 0.278. The first kappa shape index (κ1) is 13.8. The zero-order valence-electron chi connectivity index (χ0n) is 12.2. The Morgan fingerprint density at radius 2 is 1.81 bits per heavy atom. The fourth-order valence-electron chi connectivity index (χ4n) is 2.75. The van der Waals surface area contributed by atoms with Gasteiger partial charge in [-0.2, -0.15) is 0 Å². The molecule has 0 saturated heterocycles. The molecule has 2 aromatic carbocycles. The van der Waals surface area contributed by atoms with E-state index in [1.54, 1.807) is 0 Å². The molecule has 0 aliphatic carbocycles. The van der Waals surface area contributed by atoms with E-state index in [1.165, 1.54) is 11.1 Å². The van der Waals surface area contributed by atoms with Crippen LogP contribution in [0.1, 0.15) is 41.6 Å². The molecule has 2 aromatic rings. The van der Waals surface area contributed by atoms with E-state index in [4.69, 9.17) is 5.73 Å². The summed E-state index contributed by atoms with van der Waals surface area (Å²) < 4.78 is 0. The Balaban J connectivity index is 1.87. The molecule has 0 bridgehead atoms. The summed E-state index contributed by atoms with van der Waals surface area (Å²) in [6, 6.07) is 14.4. The molecule has 108 valence electrons. The van der Waals surface area contributed by atoms with Gasteiger partial charge in [-0.3, -0.25) is 4.79 Å². The largest absolute Gasteiger partial charge is 0.326 e. The predicted molar refractivity (Wildman–Crippen MR) is 85.2 cm³/mol. The maximum Gasteiger partial charge on any atom is 0.224 e. The molecule has 3 heteroatoms. The minimum atomic E-state index is -0.126. The minimum absolute atomic E-state index is 0.0923. The molecule has 3 rings (SSSR count). The molecule has 3 nitrogen and oxygen atoms in total. The average Bonchev–Trinajstić information content (AvgIpc) is 2.53. The minimum Gasteiger partial charge on any atom is -0.326 e. The fourth-order valence-corrected chi connectivity index (χ4v) is 2.75. The molecule has 0 fully saturated rings. The van der Waals surface area contributed by atoms with E-state index in [-0.39, 0.29) is 11.9 Å². The predicted octanol–water partition coefficient (Wildman–Crippen LogP) is 3.18. The molecular formula is C18H20N2O. The number of anilines is 1. The van der Waals surface area contributed by atoms with Crippen molar-refractivity contribution >= 4 is 11.6 Å². The molecule has 21 heavy (non-hydrogen) atoms. The molecule has 1 unspecified atom stereocenters. The van der Waals surface area contributed by atoms with Crippen LogP contribution in [-0.2, 0) is 17.6 Å². The summed E-state index contributed by atoms with van der Waals surface area (Å²) in [5.74, 6) is 0.0923. The average molecular weight is 280 g/mol. The molecule has 1 aliphatic rings. The number of hydrogen-bond donors (Lipinski definition) is 2. The number of hydrogen-bond acceptors (Lipinski definition) is 2. The normalized spacial score (nSPS) is 15.2. The lowest BCUT2D eigenvalue weighted by Gasteiger charge is -2.20. The van der Waals surface area contributed by atoms with Crippen LogP contribution in [0.5, 0.6) is 0 Å². The second kappa shape index (κ2) is 5.70. The van der Waals surface area contributed by atoms with Crippen LogP contribution < -0.4 is 11.1 Å². The third kappa shape index (κ3) is 2.83. The number of carbonyl (C=O) groups is 1. The molecule has 1 amide bonds. The highest BCUT2D eigenvalue weighted by Gasteiger charge is 2.17. The summed E-state index contributed by atoms with van der Waals surface area (Å²) in [7, 11) is 0. The van der Waals surface area contributed by atoms with Crippen LogP contribution in [0.3, 0.4) is 0 Å². The number of amides is 1. The first-order valence-corrected chi connectivity index (χ1v) is 7.44. The highest BCUT2D eigenvalue weighted by molar-refractivity contribution is 5.93. The topological polar surface area (TPSA) is 55.1 Å². The van der Waals surface area contributed by atoms with E-state index in [0.717, 1.165) is 29.7 Å². The lowest BCUT2D eigenvalue weighted by molar-refractivity contribution is -0.116. The van der Waals surface area contributed by atoms with E-state index in [0.29, 0.717) is 6.42 Å². The number of carbonyl (C=O) groups excluding carboxylic acids is 1. The molecule has 0 radical (unpaired) electrons. The van der Waals surface area contributed by atoms with Crippen molar-refractivity contribution in [2.45, 2.75) is 32.2 Å². The molecule has 1 atom stereocenters. The van der Waals surface area contributed by atoms with Crippen molar-refractivity contribution in [3.05, 3.63) is 64.7 Å². The van der Waals surface area contributed by atoms with Crippen LogP contribution in [0.15, 0.2) is 42.5 Å². The Bertz CT molecular complexity index is 661. The summed E-state index contributed by atoms with van der Waals surface area (Å²) in [4.78, 5) is 11.4. The van der Waals surface area contributed by atoms with Crippen LogP contribution in [0, 0.1) is 0 Å². The van der Waals surface area contributed by atoms with Crippen molar-refractivity contribution in [1.29, 1.82) is 0 Å². The summed E-state index contributed by atoms with van der Waals surface area (Å²) >= 11 is 0. The number of rotatable bonds is 3. The molecule has 0 spiro atoms. The number of fused-ring (bicyclic) bond motifs is 1.